The highest BCUT2D eigenvalue weighted by Gasteiger charge is 2.16. The highest BCUT2D eigenvalue weighted by atomic mass is 19.1. The van der Waals surface area contributed by atoms with Crippen LogP contribution in [0, 0.1) is 11.6 Å². The second-order valence-electron chi connectivity index (χ2n) is 5.92. The van der Waals surface area contributed by atoms with Gasteiger partial charge in [0, 0.05) is 24.0 Å². The van der Waals surface area contributed by atoms with Crippen LogP contribution in [0.4, 0.5) is 14.5 Å². The average molecular weight is 364 g/mol. The number of carbonyl (C=O) groups excluding carboxylic acids is 1. The molecular formula is C20H14F2N4O. The van der Waals surface area contributed by atoms with Gasteiger partial charge in [0.15, 0.2) is 0 Å². The van der Waals surface area contributed by atoms with E-state index in [1.807, 2.05) is 30.3 Å². The topological polar surface area (TPSA) is 59.8 Å². The van der Waals surface area contributed by atoms with Gasteiger partial charge in [-0.3, -0.25) is 9.78 Å². The molecule has 134 valence electrons. The van der Waals surface area contributed by atoms with Crippen molar-refractivity contribution in [1.82, 2.24) is 14.5 Å². The lowest BCUT2D eigenvalue weighted by molar-refractivity contribution is -0.116. The molecule has 0 radical (unpaired) electrons. The van der Waals surface area contributed by atoms with E-state index >= 15 is 0 Å². The summed E-state index contributed by atoms with van der Waals surface area (Å²) in [6.07, 6.45) is 3.32. The van der Waals surface area contributed by atoms with E-state index in [-0.39, 0.29) is 12.2 Å². The molecule has 2 aromatic heterocycles. The Morgan fingerprint density at radius 3 is 2.70 bits per heavy atom. The fourth-order valence-electron chi connectivity index (χ4n) is 2.88. The first-order chi connectivity index (χ1) is 13.1. The highest BCUT2D eigenvalue weighted by Crippen LogP contribution is 2.24. The minimum atomic E-state index is -0.827. The predicted molar refractivity (Wildman–Crippen MR) is 98.0 cm³/mol. The number of anilines is 1. The van der Waals surface area contributed by atoms with Gasteiger partial charge in [0.25, 0.3) is 0 Å². The standard InChI is InChI=1S/C20H14F2N4O/c21-14-7-8-16(15(22)10-14)24-19(27)12-26-18-6-2-1-5-17(18)25-20(26)13-4-3-9-23-11-13/h1-11H,12H2,(H,24,27). The number of nitrogens with one attached hydrogen (secondary N) is 1. The molecule has 0 spiro atoms. The van der Waals surface area contributed by atoms with Gasteiger partial charge >= 0.3 is 0 Å². The number of amides is 1. The minimum Gasteiger partial charge on any atom is -0.322 e. The van der Waals surface area contributed by atoms with Crippen molar-refractivity contribution >= 4 is 22.6 Å². The molecule has 4 aromatic rings. The van der Waals surface area contributed by atoms with Crippen LogP contribution in [0.3, 0.4) is 0 Å². The summed E-state index contributed by atoms with van der Waals surface area (Å²) >= 11 is 0. The van der Waals surface area contributed by atoms with Gasteiger partial charge < -0.3 is 9.88 Å². The van der Waals surface area contributed by atoms with Gasteiger partial charge in [-0.2, -0.15) is 0 Å². The van der Waals surface area contributed by atoms with E-state index in [1.165, 1.54) is 6.07 Å². The lowest BCUT2D eigenvalue weighted by atomic mass is 10.2. The SMILES string of the molecule is O=C(Cn1c(-c2cccnc2)nc2ccccc21)Nc1ccc(F)cc1F. The van der Waals surface area contributed by atoms with E-state index in [0.29, 0.717) is 5.82 Å². The summed E-state index contributed by atoms with van der Waals surface area (Å²) in [7, 11) is 0. The normalized spacial score (nSPS) is 10.9. The van der Waals surface area contributed by atoms with E-state index in [1.54, 1.807) is 23.0 Å². The molecule has 1 N–H and O–H groups in total. The van der Waals surface area contributed by atoms with Crippen LogP contribution in [0.25, 0.3) is 22.4 Å². The summed E-state index contributed by atoms with van der Waals surface area (Å²) in [5.41, 5.74) is 2.19. The first-order valence-electron chi connectivity index (χ1n) is 8.22. The van der Waals surface area contributed by atoms with Crippen molar-refractivity contribution in [2.24, 2.45) is 0 Å². The molecule has 5 nitrogen and oxygen atoms in total. The molecule has 2 heterocycles. The first kappa shape index (κ1) is 16.8. The van der Waals surface area contributed by atoms with E-state index < -0.39 is 17.5 Å². The van der Waals surface area contributed by atoms with Crippen molar-refractivity contribution in [2.75, 3.05) is 5.32 Å². The van der Waals surface area contributed by atoms with Crippen molar-refractivity contribution < 1.29 is 13.6 Å². The molecular weight excluding hydrogens is 350 g/mol. The summed E-state index contributed by atoms with van der Waals surface area (Å²) in [5.74, 6) is -1.40. The summed E-state index contributed by atoms with van der Waals surface area (Å²) in [5, 5.41) is 2.47. The fourth-order valence-corrected chi connectivity index (χ4v) is 2.88. The first-order valence-corrected chi connectivity index (χ1v) is 8.22. The number of nitrogens with zero attached hydrogens (tertiary/aromatic N) is 3. The van der Waals surface area contributed by atoms with E-state index in [4.69, 9.17) is 0 Å². The number of pyridine rings is 1. The molecule has 0 atom stereocenters. The molecule has 0 aliphatic rings. The maximum absolute atomic E-state index is 13.8. The second kappa shape index (κ2) is 6.95. The monoisotopic (exact) mass is 364 g/mol. The van der Waals surface area contributed by atoms with Crippen molar-refractivity contribution in [3.05, 3.63) is 78.6 Å². The summed E-state index contributed by atoms with van der Waals surface area (Å²) in [6, 6.07) is 14.1. The Bertz CT molecular complexity index is 1130. The Balaban J connectivity index is 1.69. The zero-order valence-corrected chi connectivity index (χ0v) is 14.1. The van der Waals surface area contributed by atoms with Gasteiger partial charge in [-0.25, -0.2) is 13.8 Å². The van der Waals surface area contributed by atoms with Crippen LogP contribution < -0.4 is 5.32 Å². The molecule has 1 amide bonds. The third-order valence-electron chi connectivity index (χ3n) is 4.08. The third-order valence-corrected chi connectivity index (χ3v) is 4.08. The Labute approximate surface area is 153 Å². The molecule has 0 saturated heterocycles. The lowest BCUT2D eigenvalue weighted by Gasteiger charge is -2.10. The number of imidazole rings is 1. The molecule has 7 heteroatoms. The van der Waals surface area contributed by atoms with Crippen LogP contribution in [-0.2, 0) is 11.3 Å². The zero-order valence-electron chi connectivity index (χ0n) is 14.1. The fraction of sp³-hybridized carbons (Fsp3) is 0.0500. The molecule has 0 aliphatic heterocycles. The lowest BCUT2D eigenvalue weighted by Crippen LogP contribution is -2.20. The van der Waals surface area contributed by atoms with Gasteiger partial charge in [0.2, 0.25) is 5.91 Å². The molecule has 0 unspecified atom stereocenters. The summed E-state index contributed by atoms with van der Waals surface area (Å²) in [6.45, 7) is -0.0818. The maximum atomic E-state index is 13.8. The number of para-hydroxylation sites is 2. The van der Waals surface area contributed by atoms with Crippen molar-refractivity contribution in [2.45, 2.75) is 6.54 Å². The predicted octanol–water partition coefficient (Wildman–Crippen LogP) is 4.02. The zero-order chi connectivity index (χ0) is 18.8. The maximum Gasteiger partial charge on any atom is 0.244 e. The second-order valence-corrected chi connectivity index (χ2v) is 5.92. The van der Waals surface area contributed by atoms with Crippen molar-refractivity contribution in [3.63, 3.8) is 0 Å². The van der Waals surface area contributed by atoms with Gasteiger partial charge in [-0.05, 0) is 36.4 Å². The number of fused-ring (bicyclic) bond motifs is 1. The Morgan fingerprint density at radius 1 is 1.07 bits per heavy atom. The number of benzene rings is 2. The number of hydrogen-bond donors (Lipinski definition) is 1. The van der Waals surface area contributed by atoms with Crippen LogP contribution in [-0.4, -0.2) is 20.4 Å². The van der Waals surface area contributed by atoms with Gasteiger partial charge in [0.1, 0.15) is 24.0 Å². The quantitative estimate of drug-likeness (QED) is 0.595. The number of halogens is 2. The van der Waals surface area contributed by atoms with Gasteiger partial charge in [0.05, 0.1) is 16.7 Å². The van der Waals surface area contributed by atoms with Crippen LogP contribution in [0.1, 0.15) is 0 Å². The minimum absolute atomic E-state index is 0.0752. The summed E-state index contributed by atoms with van der Waals surface area (Å²) in [4.78, 5) is 21.2. The Hall–Kier alpha value is -3.61. The third kappa shape index (κ3) is 3.39. The van der Waals surface area contributed by atoms with E-state index in [9.17, 15) is 13.6 Å². The van der Waals surface area contributed by atoms with Gasteiger partial charge in [-0.1, -0.05) is 12.1 Å². The smallest absolute Gasteiger partial charge is 0.244 e. The molecule has 0 fully saturated rings. The number of rotatable bonds is 4. The van der Waals surface area contributed by atoms with Crippen molar-refractivity contribution in [1.29, 1.82) is 0 Å². The molecule has 0 bridgehead atoms. The number of aromatic nitrogens is 3. The van der Waals surface area contributed by atoms with Crippen LogP contribution in [0.2, 0.25) is 0 Å². The molecule has 0 saturated carbocycles. The van der Waals surface area contributed by atoms with Crippen molar-refractivity contribution in [3.8, 4) is 11.4 Å². The van der Waals surface area contributed by atoms with E-state index in [2.05, 4.69) is 15.3 Å². The Morgan fingerprint density at radius 2 is 1.93 bits per heavy atom. The van der Waals surface area contributed by atoms with Crippen LogP contribution in [0.5, 0.6) is 0 Å². The summed E-state index contributed by atoms with van der Waals surface area (Å²) < 4.78 is 28.6. The van der Waals surface area contributed by atoms with Crippen LogP contribution >= 0.6 is 0 Å². The molecule has 27 heavy (non-hydrogen) atoms. The Kier molecular flexibility index (Phi) is 4.33. The van der Waals surface area contributed by atoms with Gasteiger partial charge in [-0.15, -0.1) is 0 Å². The number of hydrogen-bond acceptors (Lipinski definition) is 3. The molecule has 0 aliphatic carbocycles. The van der Waals surface area contributed by atoms with Crippen LogP contribution in [0.15, 0.2) is 67.0 Å². The number of carbonyl (C=O) groups is 1. The largest absolute Gasteiger partial charge is 0.322 e. The highest BCUT2D eigenvalue weighted by molar-refractivity contribution is 5.92. The molecule has 2 aromatic carbocycles. The average Bonchev–Trinajstić information content (AvgIpc) is 3.03. The molecule has 4 rings (SSSR count). The van der Waals surface area contributed by atoms with E-state index in [0.717, 1.165) is 28.7 Å².